The van der Waals surface area contributed by atoms with E-state index in [0.717, 1.165) is 16.8 Å². The molecule has 3 rings (SSSR count). The molecule has 0 spiro atoms. The molecule has 0 unspecified atom stereocenters. The van der Waals surface area contributed by atoms with Crippen LogP contribution in [0.25, 0.3) is 11.0 Å². The third-order valence-corrected chi connectivity index (χ3v) is 2.85. The standard InChI is InChI=1S/C12H11ClN6/c1-7-4-8(17-6-16-7)5-15-11-9-2-3-14-10(9)18-12(13)19-11/h2-4,6H,5H2,1H3,(H2,14,15,18,19). The lowest BCUT2D eigenvalue weighted by molar-refractivity contribution is 0.975. The topological polar surface area (TPSA) is 79.4 Å². The second kappa shape index (κ2) is 4.81. The zero-order chi connectivity index (χ0) is 13.2. The van der Waals surface area contributed by atoms with Crippen LogP contribution < -0.4 is 5.32 Å². The van der Waals surface area contributed by atoms with Crippen LogP contribution >= 0.6 is 11.6 Å². The van der Waals surface area contributed by atoms with Crippen molar-refractivity contribution in [3.63, 3.8) is 0 Å². The van der Waals surface area contributed by atoms with E-state index in [9.17, 15) is 0 Å². The lowest BCUT2D eigenvalue weighted by Gasteiger charge is -2.06. The highest BCUT2D eigenvalue weighted by atomic mass is 35.5. The maximum Gasteiger partial charge on any atom is 0.226 e. The van der Waals surface area contributed by atoms with Gasteiger partial charge in [-0.1, -0.05) is 0 Å². The minimum Gasteiger partial charge on any atom is -0.364 e. The first-order valence-corrected chi connectivity index (χ1v) is 6.12. The SMILES string of the molecule is Cc1cc(CNc2nc(Cl)nc3[nH]ccc23)ncn1. The van der Waals surface area contributed by atoms with Gasteiger partial charge >= 0.3 is 0 Å². The highest BCUT2D eigenvalue weighted by Gasteiger charge is 2.07. The van der Waals surface area contributed by atoms with Crippen LogP contribution in [-0.4, -0.2) is 24.9 Å². The Bertz CT molecular complexity index is 723. The van der Waals surface area contributed by atoms with Gasteiger partial charge in [0.1, 0.15) is 17.8 Å². The van der Waals surface area contributed by atoms with E-state index in [1.54, 1.807) is 12.5 Å². The Kier molecular flexibility index (Phi) is 3.00. The van der Waals surface area contributed by atoms with Crippen molar-refractivity contribution >= 4 is 28.5 Å². The van der Waals surface area contributed by atoms with Crippen molar-refractivity contribution in [1.29, 1.82) is 0 Å². The number of anilines is 1. The number of hydrogen-bond acceptors (Lipinski definition) is 5. The first kappa shape index (κ1) is 11.9. The van der Waals surface area contributed by atoms with Crippen molar-refractivity contribution in [3.05, 3.63) is 41.3 Å². The average Bonchev–Trinajstić information content (AvgIpc) is 2.84. The third kappa shape index (κ3) is 2.48. The van der Waals surface area contributed by atoms with Crippen LogP contribution in [0.15, 0.2) is 24.7 Å². The van der Waals surface area contributed by atoms with Crippen LogP contribution in [0, 0.1) is 6.92 Å². The molecule has 0 saturated carbocycles. The molecule has 96 valence electrons. The van der Waals surface area contributed by atoms with E-state index in [4.69, 9.17) is 11.6 Å². The maximum atomic E-state index is 5.88. The van der Waals surface area contributed by atoms with Crippen LogP contribution in [0.2, 0.25) is 5.28 Å². The second-order valence-corrected chi connectivity index (χ2v) is 4.42. The molecule has 0 atom stereocenters. The summed E-state index contributed by atoms with van der Waals surface area (Å²) in [5.74, 6) is 0.688. The lowest BCUT2D eigenvalue weighted by atomic mass is 10.3. The number of hydrogen-bond donors (Lipinski definition) is 2. The molecule has 2 N–H and O–H groups in total. The number of aromatic nitrogens is 5. The van der Waals surface area contributed by atoms with Gasteiger partial charge in [0.05, 0.1) is 17.6 Å². The van der Waals surface area contributed by atoms with Crippen LogP contribution in [0.4, 0.5) is 5.82 Å². The monoisotopic (exact) mass is 274 g/mol. The fourth-order valence-corrected chi connectivity index (χ4v) is 2.00. The van der Waals surface area contributed by atoms with Gasteiger partial charge in [-0.2, -0.15) is 4.98 Å². The van der Waals surface area contributed by atoms with Crippen LogP contribution in [-0.2, 0) is 6.54 Å². The molecule has 6 nitrogen and oxygen atoms in total. The molecule has 0 bridgehead atoms. The summed E-state index contributed by atoms with van der Waals surface area (Å²) in [4.78, 5) is 19.5. The normalized spacial score (nSPS) is 10.8. The number of aromatic amines is 1. The first-order chi connectivity index (χ1) is 9.22. The number of aryl methyl sites for hydroxylation is 1. The minimum atomic E-state index is 0.205. The van der Waals surface area contributed by atoms with E-state index in [1.807, 2.05) is 19.1 Å². The number of nitrogens with one attached hydrogen (secondary N) is 2. The Morgan fingerprint density at radius 1 is 1.32 bits per heavy atom. The minimum absolute atomic E-state index is 0.205. The largest absolute Gasteiger partial charge is 0.364 e. The van der Waals surface area contributed by atoms with Gasteiger partial charge in [-0.05, 0) is 30.7 Å². The van der Waals surface area contributed by atoms with Gasteiger partial charge in [-0.15, -0.1) is 0 Å². The summed E-state index contributed by atoms with van der Waals surface area (Å²) in [5, 5.41) is 4.32. The van der Waals surface area contributed by atoms with Gasteiger partial charge in [-0.3, -0.25) is 0 Å². The van der Waals surface area contributed by atoms with Gasteiger partial charge < -0.3 is 10.3 Å². The van der Waals surface area contributed by atoms with Crippen molar-refractivity contribution in [3.8, 4) is 0 Å². The number of nitrogens with zero attached hydrogens (tertiary/aromatic N) is 4. The Balaban J connectivity index is 1.87. The summed E-state index contributed by atoms with van der Waals surface area (Å²) in [6.45, 7) is 2.48. The third-order valence-electron chi connectivity index (χ3n) is 2.69. The molecular formula is C12H11ClN6. The Morgan fingerprint density at radius 2 is 2.21 bits per heavy atom. The summed E-state index contributed by atoms with van der Waals surface area (Å²) in [6.07, 6.45) is 3.35. The van der Waals surface area contributed by atoms with Gasteiger partial charge in [-0.25, -0.2) is 15.0 Å². The molecule has 0 aromatic carbocycles. The highest BCUT2D eigenvalue weighted by Crippen LogP contribution is 2.21. The smallest absolute Gasteiger partial charge is 0.226 e. The Morgan fingerprint density at radius 3 is 3.05 bits per heavy atom. The predicted molar refractivity (Wildman–Crippen MR) is 73.0 cm³/mol. The molecule has 0 aliphatic heterocycles. The average molecular weight is 275 g/mol. The van der Waals surface area contributed by atoms with Gasteiger partial charge in [0.2, 0.25) is 5.28 Å². The van der Waals surface area contributed by atoms with Crippen molar-refractivity contribution in [2.75, 3.05) is 5.32 Å². The Labute approximate surface area is 114 Å². The summed E-state index contributed by atoms with van der Waals surface area (Å²) in [5.41, 5.74) is 2.53. The molecule has 3 aromatic heterocycles. The number of rotatable bonds is 3. The van der Waals surface area contributed by atoms with E-state index in [0.29, 0.717) is 18.0 Å². The number of halogens is 1. The van der Waals surface area contributed by atoms with Crippen LogP contribution in [0.1, 0.15) is 11.4 Å². The molecule has 3 heterocycles. The fourth-order valence-electron chi connectivity index (χ4n) is 1.83. The molecule has 0 aliphatic rings. The fraction of sp³-hybridized carbons (Fsp3) is 0.167. The summed E-state index contributed by atoms with van der Waals surface area (Å²) in [6, 6.07) is 3.82. The molecule has 0 amide bonds. The molecule has 0 fully saturated rings. The number of H-pyrrole nitrogens is 1. The van der Waals surface area contributed by atoms with Crippen molar-refractivity contribution in [2.24, 2.45) is 0 Å². The maximum absolute atomic E-state index is 5.88. The van der Waals surface area contributed by atoms with Crippen molar-refractivity contribution in [1.82, 2.24) is 24.9 Å². The van der Waals surface area contributed by atoms with E-state index in [2.05, 4.69) is 30.2 Å². The quantitative estimate of drug-likeness (QED) is 0.717. The van der Waals surface area contributed by atoms with E-state index in [-0.39, 0.29) is 5.28 Å². The molecule has 7 heteroatoms. The summed E-state index contributed by atoms with van der Waals surface area (Å²) < 4.78 is 0. The van der Waals surface area contributed by atoms with E-state index in [1.165, 1.54) is 0 Å². The van der Waals surface area contributed by atoms with Crippen LogP contribution in [0.3, 0.4) is 0 Å². The van der Waals surface area contributed by atoms with Crippen LogP contribution in [0.5, 0.6) is 0 Å². The van der Waals surface area contributed by atoms with Crippen molar-refractivity contribution in [2.45, 2.75) is 13.5 Å². The van der Waals surface area contributed by atoms with Gasteiger partial charge in [0, 0.05) is 11.9 Å². The highest BCUT2D eigenvalue weighted by molar-refractivity contribution is 6.28. The summed E-state index contributed by atoms with van der Waals surface area (Å²) in [7, 11) is 0. The molecule has 0 aliphatic carbocycles. The van der Waals surface area contributed by atoms with E-state index < -0.39 is 0 Å². The lowest BCUT2D eigenvalue weighted by Crippen LogP contribution is -2.05. The van der Waals surface area contributed by atoms with Crippen molar-refractivity contribution < 1.29 is 0 Å². The predicted octanol–water partition coefficient (Wildman–Crippen LogP) is 2.32. The zero-order valence-electron chi connectivity index (χ0n) is 10.2. The van der Waals surface area contributed by atoms with E-state index >= 15 is 0 Å². The molecule has 3 aromatic rings. The van der Waals surface area contributed by atoms with Gasteiger partial charge in [0.15, 0.2) is 0 Å². The molecular weight excluding hydrogens is 264 g/mol. The molecule has 0 radical (unpaired) electrons. The second-order valence-electron chi connectivity index (χ2n) is 4.09. The van der Waals surface area contributed by atoms with Gasteiger partial charge in [0.25, 0.3) is 0 Å². The number of fused-ring (bicyclic) bond motifs is 1. The molecule has 0 saturated heterocycles. The molecule has 19 heavy (non-hydrogen) atoms. The first-order valence-electron chi connectivity index (χ1n) is 5.74. The summed E-state index contributed by atoms with van der Waals surface area (Å²) >= 11 is 5.88. The zero-order valence-corrected chi connectivity index (χ0v) is 10.9. The Hall–Kier alpha value is -2.21.